The van der Waals surface area contributed by atoms with E-state index in [4.69, 9.17) is 4.98 Å². The first-order chi connectivity index (χ1) is 15.2. The van der Waals surface area contributed by atoms with Crippen LogP contribution < -0.4 is 5.32 Å². The van der Waals surface area contributed by atoms with Crippen molar-refractivity contribution in [3.05, 3.63) is 18.1 Å². The Labute approximate surface area is 189 Å². The Hall–Kier alpha value is -2.84. The summed E-state index contributed by atoms with van der Waals surface area (Å²) in [6, 6.07) is 2.82. The lowest BCUT2D eigenvalue weighted by molar-refractivity contribution is -0.127. The molecule has 0 aliphatic carbocycles. The summed E-state index contributed by atoms with van der Waals surface area (Å²) in [6.45, 7) is 10.7. The van der Waals surface area contributed by atoms with Gasteiger partial charge in [-0.3, -0.25) is 4.79 Å². The van der Waals surface area contributed by atoms with E-state index >= 15 is 0 Å². The van der Waals surface area contributed by atoms with E-state index in [0.29, 0.717) is 18.6 Å². The molecule has 3 amide bonds. The third-order valence-corrected chi connectivity index (χ3v) is 6.80. The Kier molecular flexibility index (Phi) is 6.26. The fourth-order valence-electron chi connectivity index (χ4n) is 4.78. The summed E-state index contributed by atoms with van der Waals surface area (Å²) < 4.78 is 2.10. The van der Waals surface area contributed by atoms with Gasteiger partial charge in [0.25, 0.3) is 0 Å². The molecule has 2 aromatic rings. The van der Waals surface area contributed by atoms with Gasteiger partial charge in [0, 0.05) is 57.9 Å². The van der Waals surface area contributed by atoms with Crippen molar-refractivity contribution in [2.24, 2.45) is 0 Å². The first kappa shape index (κ1) is 22.4. The van der Waals surface area contributed by atoms with Crippen LogP contribution in [0.2, 0.25) is 0 Å². The largest absolute Gasteiger partial charge is 0.380 e. The Morgan fingerprint density at radius 2 is 1.84 bits per heavy atom. The smallest absolute Gasteiger partial charge is 0.320 e. The maximum atomic E-state index is 13.0. The molecule has 2 saturated heterocycles. The zero-order valence-corrected chi connectivity index (χ0v) is 19.8. The number of carbonyl (C=O) groups excluding carboxylic acids is 2. The van der Waals surface area contributed by atoms with Crippen molar-refractivity contribution in [2.75, 3.05) is 38.5 Å². The number of aromatic nitrogens is 3. The van der Waals surface area contributed by atoms with Gasteiger partial charge in [-0.1, -0.05) is 0 Å². The van der Waals surface area contributed by atoms with Crippen LogP contribution in [0.25, 0.3) is 11.2 Å². The lowest BCUT2D eigenvalue weighted by atomic mass is 10.0. The Morgan fingerprint density at radius 3 is 2.47 bits per heavy atom. The predicted molar refractivity (Wildman–Crippen MR) is 125 cm³/mol. The summed E-state index contributed by atoms with van der Waals surface area (Å²) in [7, 11) is 1.86. The molecular formula is C23H35N7O2. The lowest BCUT2D eigenvalue weighted by Crippen LogP contribution is -2.50. The van der Waals surface area contributed by atoms with Gasteiger partial charge in [0.15, 0.2) is 5.65 Å². The third-order valence-electron chi connectivity index (χ3n) is 6.80. The molecule has 1 atom stereocenters. The van der Waals surface area contributed by atoms with Crippen molar-refractivity contribution in [1.29, 1.82) is 0 Å². The molecule has 0 aromatic carbocycles. The molecule has 2 aromatic heterocycles. The second kappa shape index (κ2) is 8.96. The van der Waals surface area contributed by atoms with Crippen LogP contribution >= 0.6 is 0 Å². The number of rotatable bonds is 4. The molecule has 4 heterocycles. The van der Waals surface area contributed by atoms with Crippen LogP contribution in [0, 0.1) is 6.92 Å². The number of hydrogen-bond acceptors (Lipinski definition) is 5. The maximum absolute atomic E-state index is 13.0. The molecule has 174 valence electrons. The molecule has 32 heavy (non-hydrogen) atoms. The van der Waals surface area contributed by atoms with Crippen LogP contribution in [-0.4, -0.2) is 86.5 Å². The van der Waals surface area contributed by atoms with Gasteiger partial charge in [-0.2, -0.15) is 0 Å². The molecule has 9 nitrogen and oxygen atoms in total. The number of fused-ring (bicyclic) bond motifs is 1. The monoisotopic (exact) mass is 441 g/mol. The molecule has 2 aliphatic heterocycles. The van der Waals surface area contributed by atoms with Crippen LogP contribution in [-0.2, 0) is 4.79 Å². The van der Waals surface area contributed by atoms with Crippen LogP contribution in [0.15, 0.2) is 12.4 Å². The number of aryl methyl sites for hydroxylation is 1. The highest BCUT2D eigenvalue weighted by molar-refractivity contribution is 5.86. The molecule has 9 heteroatoms. The lowest BCUT2D eigenvalue weighted by Gasteiger charge is -2.37. The van der Waals surface area contributed by atoms with Gasteiger partial charge >= 0.3 is 6.03 Å². The molecule has 0 saturated carbocycles. The minimum atomic E-state index is 0.0664. The van der Waals surface area contributed by atoms with Crippen molar-refractivity contribution in [2.45, 2.75) is 65.1 Å². The van der Waals surface area contributed by atoms with Gasteiger partial charge in [-0.15, -0.1) is 0 Å². The van der Waals surface area contributed by atoms with Crippen molar-refractivity contribution in [3.63, 3.8) is 0 Å². The fourth-order valence-corrected chi connectivity index (χ4v) is 4.78. The highest BCUT2D eigenvalue weighted by atomic mass is 16.2. The van der Waals surface area contributed by atoms with Gasteiger partial charge in [0.1, 0.15) is 5.52 Å². The second-order valence-electron chi connectivity index (χ2n) is 9.44. The maximum Gasteiger partial charge on any atom is 0.320 e. The number of carbonyl (C=O) groups is 2. The molecule has 0 bridgehead atoms. The standard InChI is InChI=1S/C23H35N7O2/c1-15(2)30-14-24-21-20(12-16(3)25-22(21)30)26-18-6-9-28(10-7-18)23(32)27(5)19-8-11-29(13-19)17(4)31/h12,14-15,18-19H,6-11,13H2,1-5H3,(H,25,26)/t19-/m0/s1. The fraction of sp³-hybridized carbons (Fsp3) is 0.652. The summed E-state index contributed by atoms with van der Waals surface area (Å²) in [5, 5.41) is 3.67. The first-order valence-electron chi connectivity index (χ1n) is 11.6. The number of piperidine rings is 1. The van der Waals surface area contributed by atoms with Gasteiger partial charge in [-0.25, -0.2) is 14.8 Å². The van der Waals surface area contributed by atoms with E-state index in [0.717, 1.165) is 61.4 Å². The van der Waals surface area contributed by atoms with E-state index in [1.54, 1.807) is 6.92 Å². The summed E-state index contributed by atoms with van der Waals surface area (Å²) >= 11 is 0. The van der Waals surface area contributed by atoms with Gasteiger partial charge < -0.3 is 24.6 Å². The SMILES string of the molecule is CC(=O)N1CC[C@H](N(C)C(=O)N2CCC(Nc3cc(C)nc4c3ncn4C(C)C)CC2)C1. The zero-order chi connectivity index (χ0) is 23.0. The zero-order valence-electron chi connectivity index (χ0n) is 19.8. The summed E-state index contributed by atoms with van der Waals surface area (Å²) in [4.78, 5) is 39.5. The Balaban J connectivity index is 1.36. The minimum absolute atomic E-state index is 0.0664. The minimum Gasteiger partial charge on any atom is -0.380 e. The molecule has 2 aliphatic rings. The van der Waals surface area contributed by atoms with Crippen molar-refractivity contribution in [3.8, 4) is 0 Å². The number of nitrogens with zero attached hydrogens (tertiary/aromatic N) is 6. The number of anilines is 1. The number of imidazole rings is 1. The van der Waals surface area contributed by atoms with E-state index < -0.39 is 0 Å². The molecular weight excluding hydrogens is 406 g/mol. The Morgan fingerprint density at radius 1 is 1.16 bits per heavy atom. The molecule has 0 radical (unpaired) electrons. The number of nitrogens with one attached hydrogen (secondary N) is 1. The summed E-state index contributed by atoms with van der Waals surface area (Å²) in [5.41, 5.74) is 3.79. The highest BCUT2D eigenvalue weighted by Crippen LogP contribution is 2.27. The second-order valence-corrected chi connectivity index (χ2v) is 9.44. The van der Waals surface area contributed by atoms with Crippen LogP contribution in [0.4, 0.5) is 10.5 Å². The molecule has 2 fully saturated rings. The van der Waals surface area contributed by atoms with Crippen molar-refractivity contribution in [1.82, 2.24) is 29.2 Å². The average Bonchev–Trinajstić information content (AvgIpc) is 3.41. The van der Waals surface area contributed by atoms with E-state index in [9.17, 15) is 9.59 Å². The van der Waals surface area contributed by atoms with Crippen LogP contribution in [0.5, 0.6) is 0 Å². The van der Waals surface area contributed by atoms with E-state index in [2.05, 4.69) is 34.8 Å². The van der Waals surface area contributed by atoms with Gasteiger partial charge in [-0.05, 0) is 46.1 Å². The quantitative estimate of drug-likeness (QED) is 0.788. The van der Waals surface area contributed by atoms with E-state index in [1.807, 2.05) is 35.0 Å². The number of likely N-dealkylation sites (tertiary alicyclic amines) is 2. The van der Waals surface area contributed by atoms with Crippen molar-refractivity contribution >= 4 is 28.8 Å². The van der Waals surface area contributed by atoms with Crippen LogP contribution in [0.3, 0.4) is 0 Å². The van der Waals surface area contributed by atoms with Gasteiger partial charge in [0.05, 0.1) is 18.1 Å². The first-order valence-corrected chi connectivity index (χ1v) is 11.6. The Bertz CT molecular complexity index is 994. The highest BCUT2D eigenvalue weighted by Gasteiger charge is 2.33. The molecule has 0 unspecified atom stereocenters. The van der Waals surface area contributed by atoms with E-state index in [-0.39, 0.29) is 18.0 Å². The summed E-state index contributed by atoms with van der Waals surface area (Å²) in [6.07, 6.45) is 4.48. The molecule has 1 N–H and O–H groups in total. The topological polar surface area (TPSA) is 86.6 Å². The number of pyridine rings is 1. The average molecular weight is 442 g/mol. The molecule has 0 spiro atoms. The number of likely N-dealkylation sites (N-methyl/N-ethyl adjacent to an activating group) is 1. The molecule has 4 rings (SSSR count). The third kappa shape index (κ3) is 4.38. The van der Waals surface area contributed by atoms with Crippen LogP contribution in [0.1, 0.15) is 51.8 Å². The number of amides is 3. The normalized spacial score (nSPS) is 19.8. The van der Waals surface area contributed by atoms with E-state index in [1.165, 1.54) is 0 Å². The summed E-state index contributed by atoms with van der Waals surface area (Å²) in [5.74, 6) is 0.0823. The van der Waals surface area contributed by atoms with Crippen molar-refractivity contribution < 1.29 is 9.59 Å². The number of urea groups is 1. The predicted octanol–water partition coefficient (Wildman–Crippen LogP) is 2.87. The van der Waals surface area contributed by atoms with Gasteiger partial charge in [0.2, 0.25) is 5.91 Å². The number of hydrogen-bond donors (Lipinski definition) is 1.